The van der Waals surface area contributed by atoms with Gasteiger partial charge in [-0.05, 0) is 27.0 Å². The molecule has 0 saturated heterocycles. The molecule has 1 aromatic heterocycles. The molecule has 1 rings (SSSR count). The number of rotatable bonds is 5. The first kappa shape index (κ1) is 15.7. The van der Waals surface area contributed by atoms with Gasteiger partial charge in [0.05, 0.1) is 17.0 Å². The molecule has 0 unspecified atom stereocenters. The Hall–Kier alpha value is -1.35. The highest BCUT2D eigenvalue weighted by atomic mass is 32.1. The molecule has 0 atom stereocenters. The van der Waals surface area contributed by atoms with Crippen molar-refractivity contribution in [2.45, 2.75) is 19.9 Å². The molecule has 104 valence electrons. The summed E-state index contributed by atoms with van der Waals surface area (Å²) in [7, 11) is 2.04. The first-order valence-electron chi connectivity index (χ1n) is 6.30. The van der Waals surface area contributed by atoms with Crippen molar-refractivity contribution < 1.29 is 4.79 Å². The van der Waals surface area contributed by atoms with Crippen molar-refractivity contribution in [2.75, 3.05) is 26.7 Å². The number of nitrogens with two attached hydrogens (primary N) is 1. The average molecular weight is 279 g/mol. The Morgan fingerprint density at radius 2 is 2.32 bits per heavy atom. The normalized spacial score (nSPS) is 10.4. The molecule has 3 N–H and O–H groups in total. The van der Waals surface area contributed by atoms with Crippen LogP contribution in [0.25, 0.3) is 0 Å². The van der Waals surface area contributed by atoms with Gasteiger partial charge in [0, 0.05) is 24.5 Å². The van der Waals surface area contributed by atoms with Crippen molar-refractivity contribution in [3.05, 3.63) is 21.9 Å². The van der Waals surface area contributed by atoms with Crippen LogP contribution in [0.1, 0.15) is 29.1 Å². The van der Waals surface area contributed by atoms with E-state index in [-0.39, 0.29) is 5.91 Å². The monoisotopic (exact) mass is 279 g/mol. The molecule has 0 aliphatic rings. The number of amides is 1. The van der Waals surface area contributed by atoms with Gasteiger partial charge in [0.25, 0.3) is 5.91 Å². The minimum atomic E-state index is -0.0470. The molecule has 0 aliphatic heterocycles. The fraction of sp³-hybridized carbons (Fsp3) is 0.500. The van der Waals surface area contributed by atoms with E-state index in [2.05, 4.69) is 35.9 Å². The molecular weight excluding hydrogens is 258 g/mol. The second-order valence-corrected chi connectivity index (χ2v) is 5.45. The molecule has 5 heteroatoms. The number of hydrogen-bond acceptors (Lipinski definition) is 4. The highest BCUT2D eigenvalue weighted by molar-refractivity contribution is 7.10. The highest BCUT2D eigenvalue weighted by Gasteiger charge is 2.08. The molecule has 4 nitrogen and oxygen atoms in total. The van der Waals surface area contributed by atoms with Crippen molar-refractivity contribution >= 4 is 17.2 Å². The van der Waals surface area contributed by atoms with Crippen molar-refractivity contribution in [3.63, 3.8) is 0 Å². The Bertz CT molecular complexity index is 471. The maximum Gasteiger partial charge on any atom is 0.252 e. The Morgan fingerprint density at radius 3 is 2.95 bits per heavy atom. The number of nitrogens with zero attached hydrogens (tertiary/aromatic N) is 1. The summed E-state index contributed by atoms with van der Waals surface area (Å²) < 4.78 is 0. The van der Waals surface area contributed by atoms with Crippen LogP contribution in [0, 0.1) is 11.8 Å². The summed E-state index contributed by atoms with van der Waals surface area (Å²) in [5.74, 6) is 5.65. The van der Waals surface area contributed by atoms with Gasteiger partial charge in [0.1, 0.15) is 0 Å². The second-order valence-electron chi connectivity index (χ2n) is 4.54. The van der Waals surface area contributed by atoms with Crippen LogP contribution >= 0.6 is 11.3 Å². The van der Waals surface area contributed by atoms with E-state index in [4.69, 9.17) is 5.73 Å². The van der Waals surface area contributed by atoms with Gasteiger partial charge in [-0.25, -0.2) is 0 Å². The Kier molecular flexibility index (Phi) is 6.57. The molecular formula is C14H21N3OS. The zero-order valence-electron chi connectivity index (χ0n) is 11.7. The molecule has 0 bridgehead atoms. The Balaban J connectivity index is 2.43. The number of carbonyl (C=O) groups is 1. The van der Waals surface area contributed by atoms with Crippen LogP contribution in [0.3, 0.4) is 0 Å². The third kappa shape index (κ3) is 5.43. The lowest BCUT2D eigenvalue weighted by atomic mass is 10.3. The largest absolute Gasteiger partial charge is 0.351 e. The SMILES string of the molecule is CC(C)N(C)CCNC(=O)c1csc(C#CCN)c1. The van der Waals surface area contributed by atoms with Crippen molar-refractivity contribution in [1.29, 1.82) is 0 Å². The number of carbonyl (C=O) groups excluding carboxylic acids is 1. The van der Waals surface area contributed by atoms with E-state index in [9.17, 15) is 4.79 Å². The molecule has 0 aromatic carbocycles. The molecule has 1 amide bonds. The van der Waals surface area contributed by atoms with E-state index in [1.54, 1.807) is 6.07 Å². The predicted molar refractivity (Wildman–Crippen MR) is 80.4 cm³/mol. The fourth-order valence-corrected chi connectivity index (χ4v) is 2.12. The van der Waals surface area contributed by atoms with Gasteiger partial charge in [-0.15, -0.1) is 11.3 Å². The second kappa shape index (κ2) is 7.95. The topological polar surface area (TPSA) is 58.4 Å². The van der Waals surface area contributed by atoms with Gasteiger partial charge >= 0.3 is 0 Å². The average Bonchev–Trinajstić information content (AvgIpc) is 2.84. The van der Waals surface area contributed by atoms with Crippen LogP contribution in [-0.2, 0) is 0 Å². The van der Waals surface area contributed by atoms with Crippen molar-refractivity contribution in [1.82, 2.24) is 10.2 Å². The standard InChI is InChI=1S/C14H21N3OS/c1-11(2)17(3)8-7-16-14(18)12-9-13(19-10-12)5-4-6-15/h9-11H,6-8,15H2,1-3H3,(H,16,18). The van der Waals surface area contributed by atoms with E-state index < -0.39 is 0 Å². The number of nitrogens with one attached hydrogen (secondary N) is 1. The number of thiophene rings is 1. The van der Waals surface area contributed by atoms with Gasteiger partial charge < -0.3 is 16.0 Å². The van der Waals surface area contributed by atoms with Crippen molar-refractivity contribution in [3.8, 4) is 11.8 Å². The molecule has 1 heterocycles. The maximum atomic E-state index is 11.9. The van der Waals surface area contributed by atoms with E-state index in [0.717, 1.165) is 11.4 Å². The number of hydrogen-bond donors (Lipinski definition) is 2. The van der Waals surface area contributed by atoms with Crippen LogP contribution < -0.4 is 11.1 Å². The van der Waals surface area contributed by atoms with Crippen LogP contribution in [0.15, 0.2) is 11.4 Å². The zero-order valence-corrected chi connectivity index (χ0v) is 12.5. The fourth-order valence-electron chi connectivity index (χ4n) is 1.37. The molecule has 0 fully saturated rings. The third-order valence-electron chi connectivity index (χ3n) is 2.81. The lowest BCUT2D eigenvalue weighted by molar-refractivity contribution is 0.0948. The minimum Gasteiger partial charge on any atom is -0.351 e. The van der Waals surface area contributed by atoms with E-state index >= 15 is 0 Å². The summed E-state index contributed by atoms with van der Waals surface area (Å²) in [6.07, 6.45) is 0. The van der Waals surface area contributed by atoms with E-state index in [1.807, 2.05) is 12.4 Å². The molecule has 1 aromatic rings. The summed E-state index contributed by atoms with van der Waals surface area (Å²) in [5, 5.41) is 4.73. The van der Waals surface area contributed by atoms with Crippen molar-refractivity contribution in [2.24, 2.45) is 5.73 Å². The van der Waals surface area contributed by atoms with Gasteiger partial charge in [-0.2, -0.15) is 0 Å². The van der Waals surface area contributed by atoms with Gasteiger partial charge in [0.15, 0.2) is 0 Å². The first-order valence-corrected chi connectivity index (χ1v) is 7.18. The quantitative estimate of drug-likeness (QED) is 0.794. The zero-order chi connectivity index (χ0) is 14.3. The molecule has 0 saturated carbocycles. The van der Waals surface area contributed by atoms with Gasteiger partial charge in [-0.3, -0.25) is 4.79 Å². The lowest BCUT2D eigenvalue weighted by Crippen LogP contribution is -2.36. The first-order chi connectivity index (χ1) is 9.04. The third-order valence-corrected chi connectivity index (χ3v) is 3.65. The summed E-state index contributed by atoms with van der Waals surface area (Å²) in [4.78, 5) is 14.9. The minimum absolute atomic E-state index is 0.0470. The van der Waals surface area contributed by atoms with Crippen LogP contribution in [0.5, 0.6) is 0 Å². The van der Waals surface area contributed by atoms with E-state index in [1.165, 1.54) is 11.3 Å². The van der Waals surface area contributed by atoms with Gasteiger partial charge in [-0.1, -0.05) is 11.8 Å². The lowest BCUT2D eigenvalue weighted by Gasteiger charge is -2.20. The van der Waals surface area contributed by atoms with Crippen LogP contribution in [0.4, 0.5) is 0 Å². The highest BCUT2D eigenvalue weighted by Crippen LogP contribution is 2.13. The molecule has 19 heavy (non-hydrogen) atoms. The Morgan fingerprint density at radius 1 is 1.58 bits per heavy atom. The maximum absolute atomic E-state index is 11.9. The molecule has 0 spiro atoms. The predicted octanol–water partition coefficient (Wildman–Crippen LogP) is 1.13. The molecule has 0 radical (unpaired) electrons. The van der Waals surface area contributed by atoms with Crippen LogP contribution in [-0.4, -0.2) is 43.5 Å². The summed E-state index contributed by atoms with van der Waals surface area (Å²) in [6, 6.07) is 2.28. The summed E-state index contributed by atoms with van der Waals surface area (Å²) >= 11 is 1.46. The summed E-state index contributed by atoms with van der Waals surface area (Å²) in [6.45, 7) is 6.08. The van der Waals surface area contributed by atoms with Gasteiger partial charge in [0.2, 0.25) is 0 Å². The van der Waals surface area contributed by atoms with E-state index in [0.29, 0.717) is 24.7 Å². The Labute approximate surface area is 119 Å². The smallest absolute Gasteiger partial charge is 0.252 e. The van der Waals surface area contributed by atoms with Crippen LogP contribution in [0.2, 0.25) is 0 Å². The number of likely N-dealkylation sites (N-methyl/N-ethyl adjacent to an activating group) is 1. The molecule has 0 aliphatic carbocycles. The summed E-state index contributed by atoms with van der Waals surface area (Å²) in [5.41, 5.74) is 5.97.